The second-order valence-electron chi connectivity index (χ2n) is 7.37. The van der Waals surface area contributed by atoms with E-state index in [0.717, 1.165) is 34.9 Å². The van der Waals surface area contributed by atoms with Crippen molar-refractivity contribution in [2.75, 3.05) is 13.1 Å². The Morgan fingerprint density at radius 3 is 2.81 bits per heavy atom. The summed E-state index contributed by atoms with van der Waals surface area (Å²) in [5, 5.41) is 0.969. The number of benzene rings is 1. The minimum atomic E-state index is -0.226. The molecule has 2 aromatic heterocycles. The zero-order chi connectivity index (χ0) is 19.1. The molecule has 1 saturated heterocycles. The van der Waals surface area contributed by atoms with Crippen LogP contribution in [0.1, 0.15) is 45.1 Å². The van der Waals surface area contributed by atoms with Crippen molar-refractivity contribution in [2.24, 2.45) is 13.0 Å². The number of furan rings is 1. The zero-order valence-electron chi connectivity index (χ0n) is 15.9. The molecule has 3 heterocycles. The Balaban J connectivity index is 1.58. The van der Waals surface area contributed by atoms with Crippen LogP contribution in [0, 0.1) is 19.8 Å². The van der Waals surface area contributed by atoms with Crippen LogP contribution in [0.2, 0.25) is 0 Å². The van der Waals surface area contributed by atoms with Crippen LogP contribution in [0.15, 0.2) is 35.0 Å². The van der Waals surface area contributed by atoms with Gasteiger partial charge in [-0.1, -0.05) is 11.6 Å². The van der Waals surface area contributed by atoms with Crippen LogP contribution in [-0.4, -0.2) is 39.2 Å². The van der Waals surface area contributed by atoms with Gasteiger partial charge in [0.25, 0.3) is 5.91 Å². The maximum Gasteiger partial charge on any atom is 0.289 e. The molecule has 0 aliphatic carbocycles. The Kier molecular flexibility index (Phi) is 4.34. The highest BCUT2D eigenvalue weighted by atomic mass is 16.3. The van der Waals surface area contributed by atoms with Crippen molar-refractivity contribution in [1.82, 2.24) is 14.5 Å². The van der Waals surface area contributed by atoms with E-state index in [-0.39, 0.29) is 17.6 Å². The average molecular weight is 365 g/mol. The Morgan fingerprint density at radius 2 is 2.07 bits per heavy atom. The number of Topliss-reactive ketones (excluding diaryl/α,β-unsaturated/α-hetero) is 1. The lowest BCUT2D eigenvalue weighted by Gasteiger charge is -2.31. The third-order valence-electron chi connectivity index (χ3n) is 5.41. The van der Waals surface area contributed by atoms with Crippen molar-refractivity contribution >= 4 is 22.7 Å². The molecule has 0 bridgehead atoms. The van der Waals surface area contributed by atoms with Crippen molar-refractivity contribution in [3.8, 4) is 0 Å². The van der Waals surface area contributed by atoms with Gasteiger partial charge in [-0.3, -0.25) is 9.59 Å². The van der Waals surface area contributed by atoms with E-state index in [4.69, 9.17) is 4.42 Å². The van der Waals surface area contributed by atoms with Gasteiger partial charge in [-0.25, -0.2) is 4.98 Å². The summed E-state index contributed by atoms with van der Waals surface area (Å²) in [6, 6.07) is 5.91. The van der Waals surface area contributed by atoms with Crippen LogP contribution in [0.4, 0.5) is 0 Å². The molecule has 0 N–H and O–H groups in total. The van der Waals surface area contributed by atoms with Gasteiger partial charge in [-0.15, -0.1) is 0 Å². The van der Waals surface area contributed by atoms with E-state index in [1.54, 1.807) is 21.9 Å². The topological polar surface area (TPSA) is 68.3 Å². The predicted octanol–water partition coefficient (Wildman–Crippen LogP) is 3.52. The van der Waals surface area contributed by atoms with E-state index >= 15 is 0 Å². The van der Waals surface area contributed by atoms with Crippen LogP contribution in [0.5, 0.6) is 0 Å². The normalized spacial score (nSPS) is 17.4. The first-order valence-electron chi connectivity index (χ1n) is 9.26. The fraction of sp³-hybridized carbons (Fsp3) is 0.381. The van der Waals surface area contributed by atoms with Crippen LogP contribution in [-0.2, 0) is 7.05 Å². The molecule has 6 heteroatoms. The predicted molar refractivity (Wildman–Crippen MR) is 102 cm³/mol. The number of ketones is 1. The van der Waals surface area contributed by atoms with Crippen molar-refractivity contribution in [3.63, 3.8) is 0 Å². The van der Waals surface area contributed by atoms with Crippen molar-refractivity contribution < 1.29 is 14.0 Å². The molecular formula is C21H23N3O3. The van der Waals surface area contributed by atoms with Crippen molar-refractivity contribution in [2.45, 2.75) is 26.7 Å². The number of fused-ring (bicyclic) bond motifs is 1. The first-order valence-corrected chi connectivity index (χ1v) is 9.26. The summed E-state index contributed by atoms with van der Waals surface area (Å²) >= 11 is 0. The van der Waals surface area contributed by atoms with Gasteiger partial charge >= 0.3 is 0 Å². The molecule has 1 unspecified atom stereocenters. The first-order chi connectivity index (χ1) is 13.0. The van der Waals surface area contributed by atoms with Gasteiger partial charge in [0.15, 0.2) is 11.6 Å². The Hall–Kier alpha value is -2.89. The second kappa shape index (κ2) is 6.68. The summed E-state index contributed by atoms with van der Waals surface area (Å²) in [6.07, 6.45) is 4.95. The summed E-state index contributed by atoms with van der Waals surface area (Å²) in [6.45, 7) is 4.98. The number of hydrogen-bond acceptors (Lipinski definition) is 4. The second-order valence-corrected chi connectivity index (χ2v) is 7.37. The summed E-state index contributed by atoms with van der Waals surface area (Å²) in [7, 11) is 1.81. The third-order valence-corrected chi connectivity index (χ3v) is 5.41. The molecule has 0 spiro atoms. The largest absolute Gasteiger partial charge is 0.451 e. The number of imidazole rings is 1. The molecule has 0 radical (unpaired) electrons. The highest BCUT2D eigenvalue weighted by Crippen LogP contribution is 2.29. The van der Waals surface area contributed by atoms with Gasteiger partial charge in [-0.05, 0) is 38.8 Å². The SMILES string of the molecule is Cc1ccc2oc(C(=O)N3CCCC(C(=O)c4nccn4C)C3)c(C)c2c1. The van der Waals surface area contributed by atoms with E-state index < -0.39 is 0 Å². The number of amides is 1. The summed E-state index contributed by atoms with van der Waals surface area (Å²) in [4.78, 5) is 31.8. The van der Waals surface area contributed by atoms with Crippen LogP contribution in [0.25, 0.3) is 11.0 Å². The smallest absolute Gasteiger partial charge is 0.289 e. The van der Waals surface area contributed by atoms with Crippen molar-refractivity contribution in [1.29, 1.82) is 0 Å². The lowest BCUT2D eigenvalue weighted by molar-refractivity contribution is 0.0608. The van der Waals surface area contributed by atoms with Gasteiger partial charge in [-0.2, -0.15) is 0 Å². The molecule has 1 amide bonds. The molecule has 140 valence electrons. The molecule has 4 rings (SSSR count). The molecule has 1 fully saturated rings. The minimum Gasteiger partial charge on any atom is -0.451 e. The summed E-state index contributed by atoms with van der Waals surface area (Å²) in [5.74, 6) is 0.455. The molecule has 6 nitrogen and oxygen atoms in total. The molecule has 27 heavy (non-hydrogen) atoms. The van der Waals surface area contributed by atoms with Gasteiger partial charge in [0.1, 0.15) is 5.58 Å². The minimum absolute atomic E-state index is 0.00282. The Morgan fingerprint density at radius 1 is 1.26 bits per heavy atom. The first kappa shape index (κ1) is 17.5. The molecule has 1 aliphatic rings. The number of carbonyl (C=O) groups is 2. The third kappa shape index (κ3) is 3.05. The number of likely N-dealkylation sites (tertiary alicyclic amines) is 1. The van der Waals surface area contributed by atoms with Crippen LogP contribution < -0.4 is 0 Å². The maximum atomic E-state index is 13.1. The van der Waals surface area contributed by atoms with Gasteiger partial charge in [0.05, 0.1) is 0 Å². The number of aromatic nitrogens is 2. The Bertz CT molecular complexity index is 1030. The molecule has 0 saturated carbocycles. The zero-order valence-corrected chi connectivity index (χ0v) is 15.9. The standard InChI is InChI=1S/C21H23N3O3/c1-13-6-7-17-16(11-13)14(2)19(27-17)21(26)24-9-4-5-15(12-24)18(25)20-22-8-10-23(20)3/h6-8,10-11,15H,4-5,9,12H2,1-3H3. The summed E-state index contributed by atoms with van der Waals surface area (Å²) < 4.78 is 7.59. The maximum absolute atomic E-state index is 13.1. The van der Waals surface area contributed by atoms with Gasteiger partial charge in [0, 0.05) is 49.4 Å². The number of rotatable bonds is 3. The lowest BCUT2D eigenvalue weighted by atomic mass is 9.93. The van der Waals surface area contributed by atoms with Gasteiger partial charge < -0.3 is 13.9 Å². The van der Waals surface area contributed by atoms with E-state index in [0.29, 0.717) is 24.7 Å². The van der Waals surface area contributed by atoms with E-state index in [1.165, 1.54) is 0 Å². The monoisotopic (exact) mass is 365 g/mol. The van der Waals surface area contributed by atoms with E-state index in [2.05, 4.69) is 4.98 Å². The molecular weight excluding hydrogens is 342 g/mol. The fourth-order valence-corrected chi connectivity index (χ4v) is 3.84. The molecule has 1 aliphatic heterocycles. The highest BCUT2D eigenvalue weighted by molar-refractivity contribution is 6.00. The lowest BCUT2D eigenvalue weighted by Crippen LogP contribution is -2.42. The number of hydrogen-bond donors (Lipinski definition) is 0. The highest BCUT2D eigenvalue weighted by Gasteiger charge is 2.33. The average Bonchev–Trinajstić information content (AvgIpc) is 3.24. The van der Waals surface area contributed by atoms with Crippen LogP contribution in [0.3, 0.4) is 0 Å². The quantitative estimate of drug-likeness (QED) is 0.666. The van der Waals surface area contributed by atoms with E-state index in [1.807, 2.05) is 39.1 Å². The van der Waals surface area contributed by atoms with Crippen molar-refractivity contribution in [3.05, 3.63) is 53.3 Å². The number of piperidine rings is 1. The molecule has 1 aromatic carbocycles. The molecule has 1 atom stereocenters. The van der Waals surface area contributed by atoms with Gasteiger partial charge in [0.2, 0.25) is 5.78 Å². The Labute approximate surface area is 157 Å². The van der Waals surface area contributed by atoms with E-state index in [9.17, 15) is 9.59 Å². The fourth-order valence-electron chi connectivity index (χ4n) is 3.84. The number of carbonyl (C=O) groups excluding carboxylic acids is 2. The number of aryl methyl sites for hydroxylation is 3. The summed E-state index contributed by atoms with van der Waals surface area (Å²) in [5.41, 5.74) is 2.71. The van der Waals surface area contributed by atoms with Crippen LogP contribution >= 0.6 is 0 Å². The molecule has 3 aromatic rings. The number of nitrogens with zero attached hydrogens (tertiary/aromatic N) is 3.